The maximum atomic E-state index is 11.0. The highest BCUT2D eigenvalue weighted by Gasteiger charge is 2.09. The summed E-state index contributed by atoms with van der Waals surface area (Å²) in [4.78, 5) is 4.21. The first-order chi connectivity index (χ1) is 12.3. The van der Waals surface area contributed by atoms with E-state index in [0.29, 0.717) is 19.1 Å². The van der Waals surface area contributed by atoms with E-state index in [2.05, 4.69) is 56.7 Å². The largest absolute Gasteiger partial charge is 0.379 e. The third kappa shape index (κ3) is 10.8. The fraction of sp³-hybridized carbons (Fsp3) is 0.611. The molecule has 26 heavy (non-hydrogen) atoms. The molecule has 8 heteroatoms. The second-order valence-electron chi connectivity index (χ2n) is 6.23. The van der Waals surface area contributed by atoms with Crippen molar-refractivity contribution in [2.24, 2.45) is 10.9 Å². The first-order valence-electron chi connectivity index (χ1n) is 8.78. The fourth-order valence-corrected chi connectivity index (χ4v) is 3.24. The molecule has 2 N–H and O–H groups in total. The number of ether oxygens (including phenoxy) is 1. The molecular formula is C18H30BrN3O3S. The summed E-state index contributed by atoms with van der Waals surface area (Å²) in [5, 5.41) is 6.52. The van der Waals surface area contributed by atoms with Crippen molar-refractivity contribution in [1.29, 1.82) is 0 Å². The number of nitrogens with zero attached hydrogens (tertiary/aromatic N) is 1. The Kier molecular flexibility index (Phi) is 10.8. The van der Waals surface area contributed by atoms with E-state index in [0.717, 1.165) is 29.8 Å². The van der Waals surface area contributed by atoms with Crippen molar-refractivity contribution in [3.63, 3.8) is 0 Å². The van der Waals surface area contributed by atoms with E-state index in [-0.39, 0.29) is 12.4 Å². The van der Waals surface area contributed by atoms with E-state index < -0.39 is 9.84 Å². The molecule has 1 unspecified atom stereocenters. The molecule has 0 radical (unpaired) electrons. The Hall–Kier alpha value is -1.12. The summed E-state index contributed by atoms with van der Waals surface area (Å²) in [5.74, 6) is 1.28. The van der Waals surface area contributed by atoms with Crippen LogP contribution < -0.4 is 10.6 Å². The quantitative estimate of drug-likeness (QED) is 0.308. The molecule has 0 aliphatic carbocycles. The lowest BCUT2D eigenvalue weighted by Crippen LogP contribution is -2.41. The Morgan fingerprint density at radius 3 is 2.69 bits per heavy atom. The van der Waals surface area contributed by atoms with Gasteiger partial charge in [0.05, 0.1) is 19.0 Å². The van der Waals surface area contributed by atoms with Gasteiger partial charge in [0.2, 0.25) is 0 Å². The van der Waals surface area contributed by atoms with Gasteiger partial charge in [-0.3, -0.25) is 4.99 Å². The van der Waals surface area contributed by atoms with E-state index in [9.17, 15) is 8.42 Å². The summed E-state index contributed by atoms with van der Waals surface area (Å²) in [6, 6.07) is 8.40. The Labute approximate surface area is 165 Å². The zero-order chi connectivity index (χ0) is 19.4. The molecule has 6 nitrogen and oxygen atoms in total. The zero-order valence-corrected chi connectivity index (χ0v) is 18.2. The molecule has 0 amide bonds. The molecule has 0 spiro atoms. The topological polar surface area (TPSA) is 79.8 Å². The second-order valence-corrected chi connectivity index (χ2v) is 9.41. The number of sulfone groups is 1. The highest BCUT2D eigenvalue weighted by molar-refractivity contribution is 9.10. The normalized spacial score (nSPS) is 13.5. The molecule has 0 aliphatic heterocycles. The maximum absolute atomic E-state index is 11.0. The lowest BCUT2D eigenvalue weighted by molar-refractivity contribution is 0.154. The van der Waals surface area contributed by atoms with Crippen LogP contribution in [0.4, 0.5) is 0 Å². The summed E-state index contributed by atoms with van der Waals surface area (Å²) in [6.45, 7) is 4.25. The number of guanidine groups is 1. The Bertz CT molecular complexity index is 665. The van der Waals surface area contributed by atoms with Crippen LogP contribution in [0.5, 0.6) is 0 Å². The van der Waals surface area contributed by atoms with E-state index in [1.807, 2.05) is 6.07 Å². The van der Waals surface area contributed by atoms with Crippen molar-refractivity contribution in [3.05, 3.63) is 34.3 Å². The van der Waals surface area contributed by atoms with Crippen LogP contribution in [0.25, 0.3) is 0 Å². The van der Waals surface area contributed by atoms with Gasteiger partial charge in [0.15, 0.2) is 5.96 Å². The van der Waals surface area contributed by atoms with Crippen molar-refractivity contribution >= 4 is 31.7 Å². The summed E-state index contributed by atoms with van der Waals surface area (Å²) >= 11 is 3.51. The molecule has 0 saturated carbocycles. The van der Waals surface area contributed by atoms with E-state index in [1.165, 1.54) is 11.8 Å². The predicted octanol–water partition coefficient (Wildman–Crippen LogP) is 2.24. The average Bonchev–Trinajstić information content (AvgIpc) is 2.58. The van der Waals surface area contributed by atoms with Gasteiger partial charge in [-0.05, 0) is 30.0 Å². The van der Waals surface area contributed by atoms with E-state index in [1.54, 1.807) is 7.05 Å². The van der Waals surface area contributed by atoms with Gasteiger partial charge in [-0.15, -0.1) is 0 Å². The van der Waals surface area contributed by atoms with Gasteiger partial charge in [0.25, 0.3) is 0 Å². The van der Waals surface area contributed by atoms with Gasteiger partial charge in [-0.2, -0.15) is 0 Å². The van der Waals surface area contributed by atoms with E-state index in [4.69, 9.17) is 4.74 Å². The zero-order valence-electron chi connectivity index (χ0n) is 15.8. The van der Waals surface area contributed by atoms with Crippen molar-refractivity contribution in [2.75, 3.05) is 45.4 Å². The van der Waals surface area contributed by atoms with Gasteiger partial charge in [0, 0.05) is 30.9 Å². The number of nitrogens with one attached hydrogen (secondary N) is 2. The highest BCUT2D eigenvalue weighted by atomic mass is 79.9. The van der Waals surface area contributed by atoms with Crippen LogP contribution >= 0.6 is 15.9 Å². The minimum atomic E-state index is -2.97. The van der Waals surface area contributed by atoms with Gasteiger partial charge in [-0.25, -0.2) is 8.42 Å². The van der Waals surface area contributed by atoms with Gasteiger partial charge in [0.1, 0.15) is 9.84 Å². The van der Waals surface area contributed by atoms with Crippen LogP contribution in [0.3, 0.4) is 0 Å². The Balaban J connectivity index is 2.29. The third-order valence-corrected chi connectivity index (χ3v) is 5.31. The first-order valence-corrected chi connectivity index (χ1v) is 11.6. The van der Waals surface area contributed by atoms with Crippen molar-refractivity contribution < 1.29 is 13.2 Å². The lowest BCUT2D eigenvalue weighted by atomic mass is 9.97. The Morgan fingerprint density at radius 2 is 2.08 bits per heavy atom. The average molecular weight is 448 g/mol. The van der Waals surface area contributed by atoms with Crippen molar-refractivity contribution in [1.82, 2.24) is 10.6 Å². The summed E-state index contributed by atoms with van der Waals surface area (Å²) in [5.41, 5.74) is 1.32. The molecule has 1 rings (SSSR count). The molecule has 148 valence electrons. The van der Waals surface area contributed by atoms with Gasteiger partial charge in [-0.1, -0.05) is 41.4 Å². The van der Waals surface area contributed by atoms with Crippen molar-refractivity contribution in [2.45, 2.75) is 19.8 Å². The van der Waals surface area contributed by atoms with Crippen LogP contribution in [0.2, 0.25) is 0 Å². The molecular weight excluding hydrogens is 418 g/mol. The number of halogens is 1. The Morgan fingerprint density at radius 1 is 1.31 bits per heavy atom. The molecule has 1 aromatic rings. The monoisotopic (exact) mass is 447 g/mol. The molecule has 0 fully saturated rings. The van der Waals surface area contributed by atoms with Crippen LogP contribution in [0.1, 0.15) is 18.9 Å². The standard InChI is InChI=1S/C18H30BrN3O3S/c1-4-15(12-16-6-5-7-17(19)13-16)14-22-18(20-2)21-8-9-25-10-11-26(3,23)24/h5-7,13,15H,4,8-12,14H2,1-3H3,(H2,20,21,22). The molecule has 0 aliphatic rings. The number of aliphatic imine (C=N–C) groups is 1. The maximum Gasteiger partial charge on any atom is 0.191 e. The SMILES string of the molecule is CCC(CNC(=NC)NCCOCCS(C)(=O)=O)Cc1cccc(Br)c1. The number of benzene rings is 1. The van der Waals surface area contributed by atoms with Crippen LogP contribution in [0.15, 0.2) is 33.7 Å². The fourth-order valence-electron chi connectivity index (χ4n) is 2.37. The van der Waals surface area contributed by atoms with Crippen LogP contribution in [0, 0.1) is 5.92 Å². The smallest absolute Gasteiger partial charge is 0.191 e. The van der Waals surface area contributed by atoms with Gasteiger partial charge >= 0.3 is 0 Å². The summed E-state index contributed by atoms with van der Waals surface area (Å²) < 4.78 is 28.5. The molecule has 0 saturated heterocycles. The van der Waals surface area contributed by atoms with Gasteiger partial charge < -0.3 is 15.4 Å². The van der Waals surface area contributed by atoms with Crippen LogP contribution in [-0.2, 0) is 21.0 Å². The lowest BCUT2D eigenvalue weighted by Gasteiger charge is -2.18. The number of rotatable bonds is 11. The molecule has 1 aromatic carbocycles. The molecule has 0 heterocycles. The predicted molar refractivity (Wildman–Crippen MR) is 112 cm³/mol. The molecule has 0 aromatic heterocycles. The summed E-state index contributed by atoms with van der Waals surface area (Å²) in [6.07, 6.45) is 3.29. The summed E-state index contributed by atoms with van der Waals surface area (Å²) in [7, 11) is -1.24. The minimum absolute atomic E-state index is 0.0494. The molecule has 1 atom stereocenters. The number of hydrogen-bond donors (Lipinski definition) is 2. The van der Waals surface area contributed by atoms with Crippen molar-refractivity contribution in [3.8, 4) is 0 Å². The van der Waals surface area contributed by atoms with E-state index >= 15 is 0 Å². The number of hydrogen-bond acceptors (Lipinski definition) is 4. The first kappa shape index (κ1) is 22.9. The second kappa shape index (κ2) is 12.3. The highest BCUT2D eigenvalue weighted by Crippen LogP contribution is 2.16. The van der Waals surface area contributed by atoms with Crippen LogP contribution in [-0.4, -0.2) is 59.7 Å². The molecule has 0 bridgehead atoms. The minimum Gasteiger partial charge on any atom is -0.379 e. The third-order valence-electron chi connectivity index (χ3n) is 3.91.